The Labute approximate surface area is 101 Å². The van der Waals surface area contributed by atoms with E-state index in [0.717, 1.165) is 31.0 Å². The zero-order valence-electron chi connectivity index (χ0n) is 11.5. The summed E-state index contributed by atoms with van der Waals surface area (Å²) in [4.78, 5) is 0. The van der Waals surface area contributed by atoms with Gasteiger partial charge in [0.25, 0.3) is 0 Å². The molecule has 0 saturated heterocycles. The monoisotopic (exact) mass is 227 g/mol. The molecule has 2 heteroatoms. The van der Waals surface area contributed by atoms with Crippen molar-refractivity contribution in [3.05, 3.63) is 0 Å². The molecular formula is C14H29NO. The van der Waals surface area contributed by atoms with Gasteiger partial charge in [0, 0.05) is 26.3 Å². The Morgan fingerprint density at radius 1 is 1.25 bits per heavy atom. The third kappa shape index (κ3) is 4.84. The number of methoxy groups -OCH3 is 1. The van der Waals surface area contributed by atoms with Gasteiger partial charge < -0.3 is 10.1 Å². The summed E-state index contributed by atoms with van der Waals surface area (Å²) in [7, 11) is 1.78. The molecule has 0 bridgehead atoms. The number of ether oxygens (including phenoxy) is 1. The summed E-state index contributed by atoms with van der Waals surface area (Å²) < 4.78 is 5.16. The van der Waals surface area contributed by atoms with Crippen molar-refractivity contribution in [1.29, 1.82) is 0 Å². The van der Waals surface area contributed by atoms with Gasteiger partial charge >= 0.3 is 0 Å². The van der Waals surface area contributed by atoms with E-state index in [0.29, 0.717) is 5.92 Å². The van der Waals surface area contributed by atoms with Crippen LogP contribution >= 0.6 is 0 Å². The Morgan fingerprint density at radius 3 is 2.62 bits per heavy atom. The lowest BCUT2D eigenvalue weighted by Gasteiger charge is -2.32. The van der Waals surface area contributed by atoms with Crippen LogP contribution in [0, 0.1) is 17.8 Å². The standard InChI is InChI=1S/C14H29NO/c1-11(2)13-6-5-7-14(8-13)15-9-12(3)10-16-4/h11-15H,5-10H2,1-4H3. The van der Waals surface area contributed by atoms with Gasteiger partial charge in [-0.3, -0.25) is 0 Å². The van der Waals surface area contributed by atoms with Gasteiger partial charge in [-0.1, -0.05) is 33.6 Å². The number of nitrogens with one attached hydrogen (secondary N) is 1. The van der Waals surface area contributed by atoms with E-state index >= 15 is 0 Å². The summed E-state index contributed by atoms with van der Waals surface area (Å²) in [5, 5.41) is 3.71. The van der Waals surface area contributed by atoms with Crippen LogP contribution in [0.5, 0.6) is 0 Å². The minimum absolute atomic E-state index is 0.629. The fraction of sp³-hybridized carbons (Fsp3) is 1.00. The summed E-state index contributed by atoms with van der Waals surface area (Å²) in [5.74, 6) is 2.41. The first-order chi connectivity index (χ1) is 7.63. The Morgan fingerprint density at radius 2 is 2.00 bits per heavy atom. The van der Waals surface area contributed by atoms with Crippen LogP contribution in [-0.2, 0) is 4.74 Å². The van der Waals surface area contributed by atoms with Crippen LogP contribution < -0.4 is 5.32 Å². The lowest BCUT2D eigenvalue weighted by molar-refractivity contribution is 0.151. The minimum atomic E-state index is 0.629. The van der Waals surface area contributed by atoms with E-state index in [4.69, 9.17) is 4.74 Å². The van der Waals surface area contributed by atoms with Gasteiger partial charge in [0.05, 0.1) is 0 Å². The van der Waals surface area contributed by atoms with Crippen molar-refractivity contribution in [2.24, 2.45) is 17.8 Å². The predicted molar refractivity (Wildman–Crippen MR) is 69.6 cm³/mol. The molecule has 0 aromatic carbocycles. The van der Waals surface area contributed by atoms with E-state index in [2.05, 4.69) is 26.1 Å². The van der Waals surface area contributed by atoms with Crippen molar-refractivity contribution in [2.45, 2.75) is 52.5 Å². The van der Waals surface area contributed by atoms with E-state index < -0.39 is 0 Å². The zero-order valence-corrected chi connectivity index (χ0v) is 11.5. The van der Waals surface area contributed by atoms with E-state index in [9.17, 15) is 0 Å². The molecule has 16 heavy (non-hydrogen) atoms. The van der Waals surface area contributed by atoms with Crippen LogP contribution in [0.2, 0.25) is 0 Å². The highest BCUT2D eigenvalue weighted by Gasteiger charge is 2.23. The van der Waals surface area contributed by atoms with Crippen molar-refractivity contribution in [1.82, 2.24) is 5.32 Å². The highest BCUT2D eigenvalue weighted by molar-refractivity contribution is 4.79. The van der Waals surface area contributed by atoms with Crippen LogP contribution in [0.1, 0.15) is 46.5 Å². The molecule has 96 valence electrons. The quantitative estimate of drug-likeness (QED) is 0.753. The summed E-state index contributed by atoms with van der Waals surface area (Å²) in [6.07, 6.45) is 5.57. The van der Waals surface area contributed by atoms with Crippen LogP contribution in [0.15, 0.2) is 0 Å². The van der Waals surface area contributed by atoms with Gasteiger partial charge in [-0.15, -0.1) is 0 Å². The molecule has 1 saturated carbocycles. The second-order valence-electron chi connectivity index (χ2n) is 5.84. The maximum Gasteiger partial charge on any atom is 0.0499 e. The molecule has 1 aliphatic carbocycles. The van der Waals surface area contributed by atoms with Crippen LogP contribution in [0.3, 0.4) is 0 Å². The lowest BCUT2D eigenvalue weighted by atomic mass is 9.79. The van der Waals surface area contributed by atoms with Crippen LogP contribution in [0.4, 0.5) is 0 Å². The average molecular weight is 227 g/mol. The lowest BCUT2D eigenvalue weighted by Crippen LogP contribution is -2.38. The Bertz CT molecular complexity index is 182. The first-order valence-electron chi connectivity index (χ1n) is 6.85. The SMILES string of the molecule is COCC(C)CNC1CCCC(C(C)C)C1. The smallest absolute Gasteiger partial charge is 0.0499 e. The molecule has 0 aromatic heterocycles. The Hall–Kier alpha value is -0.0800. The molecule has 3 atom stereocenters. The molecule has 0 heterocycles. The zero-order chi connectivity index (χ0) is 12.0. The van der Waals surface area contributed by atoms with Gasteiger partial charge in [-0.2, -0.15) is 0 Å². The molecule has 0 amide bonds. The summed E-state index contributed by atoms with van der Waals surface area (Å²) in [6, 6.07) is 0.750. The number of hydrogen-bond donors (Lipinski definition) is 1. The molecule has 1 rings (SSSR count). The van der Waals surface area contributed by atoms with Crippen molar-refractivity contribution >= 4 is 0 Å². The van der Waals surface area contributed by atoms with Crippen molar-refractivity contribution in [3.8, 4) is 0 Å². The number of hydrogen-bond acceptors (Lipinski definition) is 2. The molecule has 0 aliphatic heterocycles. The second-order valence-corrected chi connectivity index (χ2v) is 5.84. The molecule has 2 nitrogen and oxygen atoms in total. The second kappa shape index (κ2) is 7.29. The summed E-state index contributed by atoms with van der Waals surface area (Å²) in [6.45, 7) is 8.94. The van der Waals surface area contributed by atoms with Crippen molar-refractivity contribution in [2.75, 3.05) is 20.3 Å². The molecule has 0 aromatic rings. The topological polar surface area (TPSA) is 21.3 Å². The highest BCUT2D eigenvalue weighted by atomic mass is 16.5. The molecule has 0 radical (unpaired) electrons. The molecule has 1 fully saturated rings. The molecule has 0 spiro atoms. The maximum atomic E-state index is 5.16. The first kappa shape index (κ1) is 14.0. The Balaban J connectivity index is 2.21. The average Bonchev–Trinajstić information content (AvgIpc) is 2.27. The largest absolute Gasteiger partial charge is 0.384 e. The fourth-order valence-electron chi connectivity index (χ4n) is 2.73. The van der Waals surface area contributed by atoms with Crippen molar-refractivity contribution in [3.63, 3.8) is 0 Å². The minimum Gasteiger partial charge on any atom is -0.384 e. The molecule has 3 unspecified atom stereocenters. The first-order valence-corrected chi connectivity index (χ1v) is 6.85. The van der Waals surface area contributed by atoms with Gasteiger partial charge in [0.2, 0.25) is 0 Å². The van der Waals surface area contributed by atoms with Gasteiger partial charge in [0.15, 0.2) is 0 Å². The third-order valence-electron chi connectivity index (χ3n) is 3.86. The summed E-state index contributed by atoms with van der Waals surface area (Å²) in [5.41, 5.74) is 0. The van der Waals surface area contributed by atoms with Gasteiger partial charge in [-0.25, -0.2) is 0 Å². The Kier molecular flexibility index (Phi) is 6.37. The van der Waals surface area contributed by atoms with Crippen molar-refractivity contribution < 1.29 is 4.74 Å². The fourth-order valence-corrected chi connectivity index (χ4v) is 2.73. The van der Waals surface area contributed by atoms with Gasteiger partial charge in [-0.05, 0) is 30.6 Å². The van der Waals surface area contributed by atoms with Crippen LogP contribution in [-0.4, -0.2) is 26.3 Å². The van der Waals surface area contributed by atoms with E-state index in [1.807, 2.05) is 0 Å². The third-order valence-corrected chi connectivity index (χ3v) is 3.86. The van der Waals surface area contributed by atoms with E-state index in [-0.39, 0.29) is 0 Å². The number of rotatable bonds is 6. The molecule has 1 aliphatic rings. The summed E-state index contributed by atoms with van der Waals surface area (Å²) >= 11 is 0. The highest BCUT2D eigenvalue weighted by Crippen LogP contribution is 2.29. The predicted octanol–water partition coefficient (Wildman–Crippen LogP) is 3.07. The normalized spacial score (nSPS) is 28.3. The van der Waals surface area contributed by atoms with E-state index in [1.54, 1.807) is 7.11 Å². The van der Waals surface area contributed by atoms with E-state index in [1.165, 1.54) is 25.7 Å². The van der Waals surface area contributed by atoms with Gasteiger partial charge in [0.1, 0.15) is 0 Å². The maximum absolute atomic E-state index is 5.16. The van der Waals surface area contributed by atoms with Crippen LogP contribution in [0.25, 0.3) is 0 Å². The molecular weight excluding hydrogens is 198 g/mol. The molecule has 1 N–H and O–H groups in total.